The van der Waals surface area contributed by atoms with Gasteiger partial charge in [0.2, 0.25) is 0 Å². The molecule has 0 saturated heterocycles. The second-order valence-corrected chi connectivity index (χ2v) is 6.02. The zero-order valence-electron chi connectivity index (χ0n) is 13.2. The number of ether oxygens (including phenoxy) is 1. The summed E-state index contributed by atoms with van der Waals surface area (Å²) in [4.78, 5) is 0. The summed E-state index contributed by atoms with van der Waals surface area (Å²) in [7, 11) is 0. The van der Waals surface area contributed by atoms with Crippen LogP contribution >= 0.6 is 0 Å². The third kappa shape index (κ3) is 4.24. The maximum Gasteiger partial charge on any atom is 0.120 e. The Morgan fingerprint density at radius 2 is 1.95 bits per heavy atom. The highest BCUT2D eigenvalue weighted by Gasteiger charge is 2.21. The summed E-state index contributed by atoms with van der Waals surface area (Å²) in [6, 6.07) is 8.96. The standard InChI is InChI=1S/C18H29NO/c1-4-15-9-11-17(12-10-15)20-18-8-6-7-16(13-18)14(3)19-5-2/h6-8,13-15,17,19H,4-5,9-12H2,1-3H3. The van der Waals surface area contributed by atoms with Crippen molar-refractivity contribution < 1.29 is 4.74 Å². The molecule has 1 aromatic rings. The molecule has 1 fully saturated rings. The first kappa shape index (κ1) is 15.4. The summed E-state index contributed by atoms with van der Waals surface area (Å²) in [5, 5.41) is 3.45. The minimum absolute atomic E-state index is 0.388. The van der Waals surface area contributed by atoms with Crippen molar-refractivity contribution in [1.29, 1.82) is 0 Å². The molecule has 0 heterocycles. The van der Waals surface area contributed by atoms with E-state index in [1.807, 2.05) is 0 Å². The summed E-state index contributed by atoms with van der Waals surface area (Å²) < 4.78 is 6.19. The largest absolute Gasteiger partial charge is 0.490 e. The van der Waals surface area contributed by atoms with Gasteiger partial charge in [0.05, 0.1) is 6.10 Å². The molecule has 1 aliphatic rings. The normalized spacial score (nSPS) is 24.4. The van der Waals surface area contributed by atoms with Crippen molar-refractivity contribution in [2.24, 2.45) is 5.92 Å². The third-order valence-corrected chi connectivity index (χ3v) is 4.54. The molecule has 1 aliphatic carbocycles. The van der Waals surface area contributed by atoms with Gasteiger partial charge in [0.15, 0.2) is 0 Å². The van der Waals surface area contributed by atoms with Gasteiger partial charge in [0.25, 0.3) is 0 Å². The molecule has 1 saturated carbocycles. The molecular weight excluding hydrogens is 246 g/mol. The Bertz CT molecular complexity index is 396. The maximum atomic E-state index is 6.19. The Hall–Kier alpha value is -1.02. The topological polar surface area (TPSA) is 21.3 Å². The molecule has 2 rings (SSSR count). The van der Waals surface area contributed by atoms with Crippen LogP contribution in [0.4, 0.5) is 0 Å². The second-order valence-electron chi connectivity index (χ2n) is 6.02. The third-order valence-electron chi connectivity index (χ3n) is 4.54. The molecule has 1 unspecified atom stereocenters. The van der Waals surface area contributed by atoms with Crippen LogP contribution in [0.3, 0.4) is 0 Å². The number of hydrogen-bond donors (Lipinski definition) is 1. The molecule has 1 atom stereocenters. The Balaban J connectivity index is 1.91. The van der Waals surface area contributed by atoms with E-state index < -0.39 is 0 Å². The molecule has 0 amide bonds. The predicted molar refractivity (Wildman–Crippen MR) is 85.2 cm³/mol. The van der Waals surface area contributed by atoms with E-state index in [2.05, 4.69) is 50.4 Å². The monoisotopic (exact) mass is 275 g/mol. The first-order chi connectivity index (χ1) is 9.72. The molecule has 0 spiro atoms. The molecular formula is C18H29NO. The van der Waals surface area contributed by atoms with Crippen LogP contribution in [0.15, 0.2) is 24.3 Å². The Morgan fingerprint density at radius 1 is 1.20 bits per heavy atom. The van der Waals surface area contributed by atoms with Crippen molar-refractivity contribution in [3.63, 3.8) is 0 Å². The van der Waals surface area contributed by atoms with Crippen LogP contribution in [0.2, 0.25) is 0 Å². The van der Waals surface area contributed by atoms with Crippen LogP contribution < -0.4 is 10.1 Å². The van der Waals surface area contributed by atoms with Crippen molar-refractivity contribution in [3.05, 3.63) is 29.8 Å². The highest BCUT2D eigenvalue weighted by atomic mass is 16.5. The summed E-state index contributed by atoms with van der Waals surface area (Å²) in [6.45, 7) is 7.64. The van der Waals surface area contributed by atoms with Gasteiger partial charge in [-0.15, -0.1) is 0 Å². The average molecular weight is 275 g/mol. The van der Waals surface area contributed by atoms with Crippen molar-refractivity contribution >= 4 is 0 Å². The van der Waals surface area contributed by atoms with E-state index in [0.717, 1.165) is 18.2 Å². The number of benzene rings is 1. The van der Waals surface area contributed by atoms with E-state index in [9.17, 15) is 0 Å². The second kappa shape index (κ2) is 7.68. The summed E-state index contributed by atoms with van der Waals surface area (Å²) in [5.41, 5.74) is 1.31. The first-order valence-corrected chi connectivity index (χ1v) is 8.22. The highest BCUT2D eigenvalue weighted by Crippen LogP contribution is 2.30. The fourth-order valence-electron chi connectivity index (χ4n) is 3.13. The van der Waals surface area contributed by atoms with Gasteiger partial charge in [-0.2, -0.15) is 0 Å². The molecule has 0 radical (unpaired) electrons. The van der Waals surface area contributed by atoms with Gasteiger partial charge >= 0.3 is 0 Å². The van der Waals surface area contributed by atoms with E-state index in [4.69, 9.17) is 4.74 Å². The van der Waals surface area contributed by atoms with Crippen molar-refractivity contribution in [2.45, 2.75) is 65.0 Å². The van der Waals surface area contributed by atoms with E-state index in [1.165, 1.54) is 37.7 Å². The molecule has 0 aromatic heterocycles. The molecule has 1 N–H and O–H groups in total. The number of hydrogen-bond acceptors (Lipinski definition) is 2. The zero-order valence-corrected chi connectivity index (χ0v) is 13.2. The van der Waals surface area contributed by atoms with Crippen molar-refractivity contribution in [1.82, 2.24) is 5.32 Å². The molecule has 1 aromatic carbocycles. The fourth-order valence-corrected chi connectivity index (χ4v) is 3.13. The predicted octanol–water partition coefficient (Wildman–Crippen LogP) is 4.70. The Morgan fingerprint density at radius 3 is 2.60 bits per heavy atom. The van der Waals surface area contributed by atoms with Crippen molar-refractivity contribution in [2.75, 3.05) is 6.54 Å². The van der Waals surface area contributed by atoms with Gasteiger partial charge in [-0.1, -0.05) is 32.4 Å². The van der Waals surface area contributed by atoms with Gasteiger partial charge in [-0.25, -0.2) is 0 Å². The van der Waals surface area contributed by atoms with Gasteiger partial charge in [-0.05, 0) is 62.8 Å². The number of rotatable bonds is 6. The van der Waals surface area contributed by atoms with Crippen LogP contribution in [0.25, 0.3) is 0 Å². The smallest absolute Gasteiger partial charge is 0.120 e. The molecule has 2 nitrogen and oxygen atoms in total. The Kier molecular flexibility index (Phi) is 5.90. The molecule has 112 valence electrons. The molecule has 20 heavy (non-hydrogen) atoms. The quantitative estimate of drug-likeness (QED) is 0.812. The van der Waals surface area contributed by atoms with Gasteiger partial charge in [0.1, 0.15) is 5.75 Å². The summed E-state index contributed by atoms with van der Waals surface area (Å²) >= 11 is 0. The van der Waals surface area contributed by atoms with Gasteiger partial charge < -0.3 is 10.1 Å². The Labute approximate surface area is 123 Å². The van der Waals surface area contributed by atoms with Crippen LogP contribution in [0.1, 0.15) is 64.5 Å². The summed E-state index contributed by atoms with van der Waals surface area (Å²) in [6.07, 6.45) is 6.82. The average Bonchev–Trinajstić information content (AvgIpc) is 2.48. The minimum Gasteiger partial charge on any atom is -0.490 e. The lowest BCUT2D eigenvalue weighted by Crippen LogP contribution is -2.24. The lowest BCUT2D eigenvalue weighted by Gasteiger charge is -2.28. The van der Waals surface area contributed by atoms with E-state index in [0.29, 0.717) is 12.1 Å². The minimum atomic E-state index is 0.388. The van der Waals surface area contributed by atoms with E-state index in [1.54, 1.807) is 0 Å². The SMILES string of the molecule is CCNC(C)c1cccc(OC2CCC(CC)CC2)c1. The van der Waals surface area contributed by atoms with E-state index >= 15 is 0 Å². The fraction of sp³-hybridized carbons (Fsp3) is 0.667. The summed E-state index contributed by atoms with van der Waals surface area (Å²) in [5.74, 6) is 1.96. The lowest BCUT2D eigenvalue weighted by molar-refractivity contribution is 0.130. The highest BCUT2D eigenvalue weighted by molar-refractivity contribution is 5.30. The van der Waals surface area contributed by atoms with Crippen LogP contribution in [-0.2, 0) is 0 Å². The van der Waals surface area contributed by atoms with E-state index in [-0.39, 0.29) is 0 Å². The molecule has 0 bridgehead atoms. The van der Waals surface area contributed by atoms with Gasteiger partial charge in [-0.3, -0.25) is 0 Å². The first-order valence-electron chi connectivity index (χ1n) is 8.22. The number of nitrogens with one attached hydrogen (secondary N) is 1. The van der Waals surface area contributed by atoms with Crippen LogP contribution in [0, 0.1) is 5.92 Å². The lowest BCUT2D eigenvalue weighted by atomic mass is 9.86. The van der Waals surface area contributed by atoms with Crippen LogP contribution in [0.5, 0.6) is 5.75 Å². The van der Waals surface area contributed by atoms with Gasteiger partial charge in [0, 0.05) is 6.04 Å². The van der Waals surface area contributed by atoms with Crippen LogP contribution in [-0.4, -0.2) is 12.6 Å². The maximum absolute atomic E-state index is 6.19. The molecule has 2 heteroatoms. The molecule has 0 aliphatic heterocycles. The van der Waals surface area contributed by atoms with Crippen molar-refractivity contribution in [3.8, 4) is 5.75 Å². The zero-order chi connectivity index (χ0) is 14.4.